The molecule has 33 heavy (non-hydrogen) atoms. The molecule has 2 aromatic carbocycles. The van der Waals surface area contributed by atoms with Crippen LogP contribution in [0.1, 0.15) is 24.0 Å². The van der Waals surface area contributed by atoms with Crippen LogP contribution >= 0.6 is 11.6 Å². The number of carbonyl (C=O) groups excluding carboxylic acids is 2. The van der Waals surface area contributed by atoms with E-state index < -0.39 is 43.3 Å². The maximum Gasteiger partial charge on any atom is 0.442 e. The monoisotopic (exact) mass is 490 g/mol. The first-order valence-corrected chi connectivity index (χ1v) is 11.6. The third kappa shape index (κ3) is 3.21. The van der Waals surface area contributed by atoms with Crippen molar-refractivity contribution in [1.82, 2.24) is 8.87 Å². The number of nitrogens with zero attached hydrogens (tertiary/aromatic N) is 2. The van der Waals surface area contributed by atoms with Crippen LogP contribution in [0, 0.1) is 5.82 Å². The van der Waals surface area contributed by atoms with Crippen LogP contribution in [-0.2, 0) is 14.8 Å². The van der Waals surface area contributed by atoms with E-state index in [9.17, 15) is 22.4 Å². The fourth-order valence-corrected chi connectivity index (χ4v) is 6.00. The molecule has 1 aliphatic rings. The second-order valence-electron chi connectivity index (χ2n) is 7.16. The van der Waals surface area contributed by atoms with Crippen LogP contribution in [0.15, 0.2) is 65.7 Å². The summed E-state index contributed by atoms with van der Waals surface area (Å²) < 4.78 is 45.8. The van der Waals surface area contributed by atoms with Gasteiger partial charge in [0.25, 0.3) is 0 Å². The van der Waals surface area contributed by atoms with Crippen molar-refractivity contribution in [3.05, 3.63) is 82.8 Å². The molecular formula is C22H18ClFN3O5S+. The van der Waals surface area contributed by atoms with Gasteiger partial charge in [0.15, 0.2) is 5.69 Å². The highest BCUT2D eigenvalue weighted by atomic mass is 35.5. The lowest BCUT2D eigenvalue weighted by molar-refractivity contribution is -0.123. The van der Waals surface area contributed by atoms with Crippen LogP contribution in [0.3, 0.4) is 0 Å². The van der Waals surface area contributed by atoms with Crippen molar-refractivity contribution >= 4 is 39.2 Å². The van der Waals surface area contributed by atoms with Crippen molar-refractivity contribution in [2.75, 3.05) is 6.61 Å². The van der Waals surface area contributed by atoms with E-state index in [2.05, 4.69) is 4.98 Å². The zero-order chi connectivity index (χ0) is 24.0. The number of urea groups is 1. The normalized spacial score (nSPS) is 19.8. The van der Waals surface area contributed by atoms with Gasteiger partial charge in [0.2, 0.25) is 5.88 Å². The van der Waals surface area contributed by atoms with Gasteiger partial charge >= 0.3 is 22.0 Å². The summed E-state index contributed by atoms with van der Waals surface area (Å²) in [6.07, 6.45) is 1.43. The summed E-state index contributed by atoms with van der Waals surface area (Å²) in [6, 6.07) is 10.3. The van der Waals surface area contributed by atoms with Crippen LogP contribution in [0.25, 0.3) is 0 Å². The highest BCUT2D eigenvalue weighted by Crippen LogP contribution is 2.51. The maximum atomic E-state index is 14.6. The van der Waals surface area contributed by atoms with Crippen molar-refractivity contribution < 1.29 is 27.1 Å². The molecule has 0 aliphatic carbocycles. The zero-order valence-electron chi connectivity index (χ0n) is 17.2. The number of amides is 3. The number of carbonyl (C=O) groups is 2. The van der Waals surface area contributed by atoms with Gasteiger partial charge in [-0.3, -0.25) is 0 Å². The van der Waals surface area contributed by atoms with E-state index in [0.29, 0.717) is 0 Å². The molecule has 3 amide bonds. The lowest BCUT2D eigenvalue weighted by atomic mass is 9.93. The highest BCUT2D eigenvalue weighted by Gasteiger charge is 2.67. The van der Waals surface area contributed by atoms with E-state index in [4.69, 9.17) is 22.1 Å². The SMILES string of the molecule is CCOc1ncccc1C1C(=O)[N+](C(N)=O)(S(=O)(=O)c2ccccc2)c2cc(F)c(Cl)cc21. The first-order chi connectivity index (χ1) is 15.7. The average molecular weight is 491 g/mol. The molecule has 4 rings (SSSR count). The van der Waals surface area contributed by atoms with Gasteiger partial charge in [-0.05, 0) is 35.1 Å². The number of pyridine rings is 1. The summed E-state index contributed by atoms with van der Waals surface area (Å²) in [7, 11) is -4.82. The molecule has 170 valence electrons. The number of sulfonamides is 1. The first kappa shape index (κ1) is 22.8. The number of benzene rings is 2. The zero-order valence-corrected chi connectivity index (χ0v) is 18.8. The Morgan fingerprint density at radius 3 is 2.52 bits per heavy atom. The van der Waals surface area contributed by atoms with Crippen molar-refractivity contribution in [3.8, 4) is 5.88 Å². The summed E-state index contributed by atoms with van der Waals surface area (Å²) in [4.78, 5) is 30.6. The van der Waals surface area contributed by atoms with Gasteiger partial charge in [-0.1, -0.05) is 35.9 Å². The van der Waals surface area contributed by atoms with Gasteiger partial charge in [-0.2, -0.15) is 8.42 Å². The number of nitrogens with two attached hydrogens (primary N) is 1. The molecule has 2 unspecified atom stereocenters. The highest BCUT2D eigenvalue weighted by molar-refractivity contribution is 7.92. The lowest BCUT2D eigenvalue weighted by Gasteiger charge is -2.26. The Morgan fingerprint density at radius 2 is 1.88 bits per heavy atom. The number of hydrogen-bond acceptors (Lipinski definition) is 6. The quantitative estimate of drug-likeness (QED) is 0.545. The smallest absolute Gasteiger partial charge is 0.442 e. The molecule has 2 N–H and O–H groups in total. The van der Waals surface area contributed by atoms with Crippen LogP contribution in [0.2, 0.25) is 5.02 Å². The fourth-order valence-electron chi connectivity index (χ4n) is 4.01. The average Bonchev–Trinajstić information content (AvgIpc) is 3.04. The fraction of sp³-hybridized carbons (Fsp3) is 0.136. The lowest BCUT2D eigenvalue weighted by Crippen LogP contribution is -2.63. The molecule has 0 radical (unpaired) electrons. The van der Waals surface area contributed by atoms with Crippen LogP contribution in [0.5, 0.6) is 5.88 Å². The van der Waals surface area contributed by atoms with Crippen molar-refractivity contribution in [3.63, 3.8) is 0 Å². The number of ether oxygens (including phenoxy) is 1. The second-order valence-corrected chi connectivity index (χ2v) is 9.54. The Balaban J connectivity index is 2.11. The van der Waals surface area contributed by atoms with Crippen molar-refractivity contribution in [2.24, 2.45) is 5.73 Å². The largest absolute Gasteiger partial charge is 0.478 e. The molecule has 2 heterocycles. The molecule has 1 aromatic heterocycles. The number of primary amides is 1. The molecular weight excluding hydrogens is 473 g/mol. The van der Waals surface area contributed by atoms with Gasteiger partial charge in [0.1, 0.15) is 16.6 Å². The predicted octanol–water partition coefficient (Wildman–Crippen LogP) is 3.72. The molecule has 0 saturated heterocycles. The Hall–Kier alpha value is -3.34. The van der Waals surface area contributed by atoms with Gasteiger partial charge in [0.05, 0.1) is 11.6 Å². The summed E-state index contributed by atoms with van der Waals surface area (Å²) in [5.41, 5.74) is 5.39. The molecule has 2 atom stereocenters. The number of rotatable bonds is 5. The molecule has 0 bridgehead atoms. The van der Waals surface area contributed by atoms with E-state index in [1.807, 2.05) is 0 Å². The molecule has 0 spiro atoms. The number of imide groups is 1. The van der Waals surface area contributed by atoms with E-state index in [0.717, 1.165) is 12.1 Å². The van der Waals surface area contributed by atoms with Crippen LogP contribution in [-0.4, -0.2) is 31.9 Å². The van der Waals surface area contributed by atoms with Crippen molar-refractivity contribution in [2.45, 2.75) is 17.7 Å². The van der Waals surface area contributed by atoms with Crippen molar-refractivity contribution in [1.29, 1.82) is 0 Å². The molecule has 0 saturated carbocycles. The molecule has 11 heteroatoms. The van der Waals surface area contributed by atoms with E-state index in [1.54, 1.807) is 13.0 Å². The first-order valence-electron chi connectivity index (χ1n) is 9.78. The summed E-state index contributed by atoms with van der Waals surface area (Å²) in [5.74, 6) is -3.42. The topological polar surface area (TPSA) is 116 Å². The van der Waals surface area contributed by atoms with E-state index in [1.165, 1.54) is 42.6 Å². The molecule has 1 aliphatic heterocycles. The summed E-state index contributed by atoms with van der Waals surface area (Å²) in [6.45, 7) is 1.92. The summed E-state index contributed by atoms with van der Waals surface area (Å²) in [5, 5.41) is -0.352. The minimum absolute atomic E-state index is 0.0126. The Kier molecular flexibility index (Phi) is 5.69. The van der Waals surface area contributed by atoms with E-state index in [-0.39, 0.29) is 33.5 Å². The minimum Gasteiger partial charge on any atom is -0.478 e. The number of hydrogen-bond donors (Lipinski definition) is 1. The molecule has 8 nitrogen and oxygen atoms in total. The van der Waals surface area contributed by atoms with E-state index >= 15 is 0 Å². The Morgan fingerprint density at radius 1 is 1.18 bits per heavy atom. The third-order valence-corrected chi connectivity index (χ3v) is 7.82. The summed E-state index contributed by atoms with van der Waals surface area (Å²) >= 11 is 5.99. The van der Waals surface area contributed by atoms with Crippen LogP contribution < -0.4 is 14.4 Å². The molecule has 3 aromatic rings. The number of halogens is 2. The minimum atomic E-state index is -4.82. The predicted molar refractivity (Wildman–Crippen MR) is 119 cm³/mol. The number of fused-ring (bicyclic) bond motifs is 1. The maximum absolute atomic E-state index is 14.6. The standard InChI is InChI=1S/C22H17ClFN3O5S/c1-2-32-20-14(9-6-10-26-20)19-15-11-16(23)17(24)12-18(15)27(21(19)28,22(25)29)33(30,31)13-7-4-3-5-8-13/h3-12,19H,2H2,1H3,(H-,25,29)/p+1. The third-order valence-electron chi connectivity index (χ3n) is 5.38. The van der Waals surface area contributed by atoms with Crippen LogP contribution in [0.4, 0.5) is 14.9 Å². The van der Waals surface area contributed by atoms with Gasteiger partial charge in [-0.15, -0.1) is 0 Å². The second kappa shape index (κ2) is 8.22. The van der Waals surface area contributed by atoms with Gasteiger partial charge < -0.3 is 10.5 Å². The molecule has 0 fully saturated rings. The number of quaternary nitrogens is 1. The Bertz CT molecular complexity index is 1380. The Labute approximate surface area is 194 Å². The van der Waals surface area contributed by atoms with Gasteiger partial charge in [0, 0.05) is 23.4 Å². The van der Waals surface area contributed by atoms with Gasteiger partial charge in [-0.25, -0.2) is 19.0 Å². The number of aromatic nitrogens is 1.